The lowest BCUT2D eigenvalue weighted by Crippen LogP contribution is -2.52. The summed E-state index contributed by atoms with van der Waals surface area (Å²) in [4.78, 5) is 16.5. The van der Waals surface area contributed by atoms with Crippen molar-refractivity contribution in [2.24, 2.45) is 0 Å². The molecule has 1 amide bonds. The first kappa shape index (κ1) is 21.0. The van der Waals surface area contributed by atoms with Crippen LogP contribution >= 0.6 is 0 Å². The van der Waals surface area contributed by atoms with Crippen LogP contribution in [-0.4, -0.2) is 50.1 Å². The summed E-state index contributed by atoms with van der Waals surface area (Å²) in [6.07, 6.45) is -4.36. The minimum absolute atomic E-state index is 0.134. The van der Waals surface area contributed by atoms with Crippen LogP contribution < -0.4 is 15.0 Å². The van der Waals surface area contributed by atoms with Gasteiger partial charge in [-0.05, 0) is 37.3 Å². The molecule has 2 aromatic carbocycles. The lowest BCUT2D eigenvalue weighted by Gasteiger charge is -2.38. The van der Waals surface area contributed by atoms with Crippen molar-refractivity contribution in [1.82, 2.24) is 4.90 Å². The number of nitrogens with zero attached hydrogens (tertiary/aromatic N) is 2. The van der Waals surface area contributed by atoms with E-state index in [9.17, 15) is 18.0 Å². The minimum atomic E-state index is -4.36. The Bertz CT molecular complexity index is 849. The Morgan fingerprint density at radius 3 is 2.41 bits per heavy atom. The van der Waals surface area contributed by atoms with Crippen molar-refractivity contribution in [2.75, 3.05) is 43.5 Å². The summed E-state index contributed by atoms with van der Waals surface area (Å²) in [7, 11) is 1.56. The average molecular weight is 407 g/mol. The number of alkyl halides is 3. The number of anilines is 2. The molecule has 5 nitrogen and oxygen atoms in total. The summed E-state index contributed by atoms with van der Waals surface area (Å²) in [5, 5.41) is 2.88. The van der Waals surface area contributed by atoms with E-state index in [0.29, 0.717) is 43.3 Å². The number of carbonyl (C=O) groups is 1. The fourth-order valence-corrected chi connectivity index (χ4v) is 3.36. The largest absolute Gasteiger partial charge is 0.497 e. The number of hydrogen-bond donors (Lipinski definition) is 1. The highest BCUT2D eigenvalue weighted by Gasteiger charge is 2.31. The number of benzene rings is 2. The zero-order valence-electron chi connectivity index (χ0n) is 16.4. The minimum Gasteiger partial charge on any atom is -0.497 e. The second kappa shape index (κ2) is 8.73. The van der Waals surface area contributed by atoms with Gasteiger partial charge in [0.25, 0.3) is 0 Å². The van der Waals surface area contributed by atoms with Crippen LogP contribution in [0.2, 0.25) is 0 Å². The first-order chi connectivity index (χ1) is 13.8. The van der Waals surface area contributed by atoms with Crippen LogP contribution in [0.3, 0.4) is 0 Å². The summed E-state index contributed by atoms with van der Waals surface area (Å²) in [6.45, 7) is 4.11. The zero-order valence-corrected chi connectivity index (χ0v) is 16.4. The van der Waals surface area contributed by atoms with Gasteiger partial charge in [-0.15, -0.1) is 0 Å². The van der Waals surface area contributed by atoms with Crippen LogP contribution in [0.4, 0.5) is 24.5 Å². The molecule has 2 aromatic rings. The summed E-state index contributed by atoms with van der Waals surface area (Å²) in [5.74, 6) is 0.524. The summed E-state index contributed by atoms with van der Waals surface area (Å²) in [6, 6.07) is 12.1. The highest BCUT2D eigenvalue weighted by Crippen LogP contribution is 2.32. The van der Waals surface area contributed by atoms with E-state index in [0.717, 1.165) is 6.07 Å². The Balaban J connectivity index is 1.58. The van der Waals surface area contributed by atoms with E-state index in [1.807, 2.05) is 16.7 Å². The van der Waals surface area contributed by atoms with Crippen molar-refractivity contribution in [2.45, 2.75) is 19.1 Å². The Kier molecular flexibility index (Phi) is 6.32. The first-order valence-corrected chi connectivity index (χ1v) is 9.39. The number of carbonyl (C=O) groups excluding carboxylic acids is 1. The Morgan fingerprint density at radius 1 is 1.07 bits per heavy atom. The van der Waals surface area contributed by atoms with E-state index >= 15 is 0 Å². The molecule has 1 heterocycles. The van der Waals surface area contributed by atoms with Crippen molar-refractivity contribution in [1.29, 1.82) is 0 Å². The molecule has 1 saturated heterocycles. The van der Waals surface area contributed by atoms with E-state index in [-0.39, 0.29) is 11.9 Å². The number of piperazine rings is 1. The Hall–Kier alpha value is -2.74. The molecule has 29 heavy (non-hydrogen) atoms. The number of amides is 1. The monoisotopic (exact) mass is 407 g/mol. The van der Waals surface area contributed by atoms with Crippen LogP contribution in [0.5, 0.6) is 5.75 Å². The van der Waals surface area contributed by atoms with Gasteiger partial charge in [0, 0.05) is 43.6 Å². The van der Waals surface area contributed by atoms with Gasteiger partial charge in [-0.1, -0.05) is 12.1 Å². The van der Waals surface area contributed by atoms with Crippen LogP contribution in [0.1, 0.15) is 12.5 Å². The molecule has 0 bridgehead atoms. The van der Waals surface area contributed by atoms with Crippen LogP contribution in [0.25, 0.3) is 0 Å². The molecule has 0 aromatic heterocycles. The maximum absolute atomic E-state index is 12.9. The smallest absolute Gasteiger partial charge is 0.416 e. The molecule has 1 N–H and O–H groups in total. The molecule has 8 heteroatoms. The first-order valence-electron chi connectivity index (χ1n) is 9.39. The maximum Gasteiger partial charge on any atom is 0.416 e. The summed E-state index contributed by atoms with van der Waals surface area (Å²) in [5.41, 5.74) is 0.556. The summed E-state index contributed by atoms with van der Waals surface area (Å²) >= 11 is 0. The number of hydrogen-bond acceptors (Lipinski definition) is 4. The van der Waals surface area contributed by atoms with Gasteiger partial charge < -0.3 is 15.0 Å². The zero-order chi connectivity index (χ0) is 21.0. The lowest BCUT2D eigenvalue weighted by molar-refractivity contribution is -0.137. The molecule has 0 spiro atoms. The SMILES string of the molecule is COc1cccc(NC(=O)[C@@H](C)N2CCN(c3cccc(C(F)(F)F)c3)CC2)c1. The van der Waals surface area contributed by atoms with Gasteiger partial charge in [-0.25, -0.2) is 0 Å². The molecular formula is C21H24F3N3O2. The predicted octanol–water partition coefficient (Wildman–Crippen LogP) is 3.86. The fourth-order valence-electron chi connectivity index (χ4n) is 3.36. The molecule has 1 aliphatic rings. The third-order valence-electron chi connectivity index (χ3n) is 5.12. The van der Waals surface area contributed by atoms with Crippen molar-refractivity contribution in [3.8, 4) is 5.75 Å². The summed E-state index contributed by atoms with van der Waals surface area (Å²) < 4.78 is 44.0. The molecule has 0 aliphatic carbocycles. The molecule has 0 unspecified atom stereocenters. The van der Waals surface area contributed by atoms with E-state index in [2.05, 4.69) is 5.32 Å². The van der Waals surface area contributed by atoms with Crippen molar-refractivity contribution < 1.29 is 22.7 Å². The number of halogens is 3. The predicted molar refractivity (Wildman–Crippen MR) is 106 cm³/mol. The molecule has 1 fully saturated rings. The Labute approximate surface area is 168 Å². The third kappa shape index (κ3) is 5.20. The number of methoxy groups -OCH3 is 1. The van der Waals surface area contributed by atoms with Gasteiger partial charge in [-0.2, -0.15) is 13.2 Å². The van der Waals surface area contributed by atoms with Gasteiger partial charge in [0.1, 0.15) is 5.75 Å². The lowest BCUT2D eigenvalue weighted by atomic mass is 10.1. The Morgan fingerprint density at radius 2 is 1.76 bits per heavy atom. The number of rotatable bonds is 5. The van der Waals surface area contributed by atoms with Crippen molar-refractivity contribution in [3.63, 3.8) is 0 Å². The van der Waals surface area contributed by atoms with Crippen LogP contribution in [0.15, 0.2) is 48.5 Å². The fraction of sp³-hybridized carbons (Fsp3) is 0.381. The van der Waals surface area contributed by atoms with E-state index in [1.165, 1.54) is 12.1 Å². The normalized spacial score (nSPS) is 16.4. The highest BCUT2D eigenvalue weighted by molar-refractivity contribution is 5.94. The van der Waals surface area contributed by atoms with Crippen LogP contribution in [0, 0.1) is 0 Å². The molecule has 1 aliphatic heterocycles. The quantitative estimate of drug-likeness (QED) is 0.818. The van der Waals surface area contributed by atoms with E-state index in [4.69, 9.17) is 4.74 Å². The topological polar surface area (TPSA) is 44.8 Å². The van der Waals surface area contributed by atoms with Crippen LogP contribution in [-0.2, 0) is 11.0 Å². The van der Waals surface area contributed by atoms with E-state index in [1.54, 1.807) is 37.4 Å². The van der Waals surface area contributed by atoms with Gasteiger partial charge in [0.2, 0.25) is 5.91 Å². The second-order valence-corrected chi connectivity index (χ2v) is 6.97. The maximum atomic E-state index is 12.9. The van der Waals surface area contributed by atoms with Crippen molar-refractivity contribution >= 4 is 17.3 Å². The van der Waals surface area contributed by atoms with Crippen molar-refractivity contribution in [3.05, 3.63) is 54.1 Å². The standard InChI is InChI=1S/C21H24F3N3O2/c1-15(20(28)25-17-6-4-8-19(14-17)29-2)26-9-11-27(12-10-26)18-7-3-5-16(13-18)21(22,23)24/h3-8,13-15H,9-12H2,1-2H3,(H,25,28)/t15-/m1/s1. The number of nitrogens with one attached hydrogen (secondary N) is 1. The average Bonchev–Trinajstić information content (AvgIpc) is 2.73. The van der Waals surface area contributed by atoms with E-state index < -0.39 is 11.7 Å². The van der Waals surface area contributed by atoms with Gasteiger partial charge in [0.15, 0.2) is 0 Å². The number of ether oxygens (including phenoxy) is 1. The molecule has 1 atom stereocenters. The molecule has 3 rings (SSSR count). The molecule has 0 saturated carbocycles. The molecule has 0 radical (unpaired) electrons. The second-order valence-electron chi connectivity index (χ2n) is 6.97. The highest BCUT2D eigenvalue weighted by atomic mass is 19.4. The third-order valence-corrected chi connectivity index (χ3v) is 5.12. The molecular weight excluding hydrogens is 383 g/mol. The van der Waals surface area contributed by atoms with Gasteiger partial charge >= 0.3 is 6.18 Å². The molecule has 156 valence electrons. The van der Waals surface area contributed by atoms with Gasteiger partial charge in [-0.3, -0.25) is 9.69 Å². The van der Waals surface area contributed by atoms with Gasteiger partial charge in [0.05, 0.1) is 18.7 Å².